The van der Waals surface area contributed by atoms with Crippen LogP contribution >= 0.6 is 0 Å². The Morgan fingerprint density at radius 1 is 1.40 bits per heavy atom. The van der Waals surface area contributed by atoms with Crippen molar-refractivity contribution in [3.63, 3.8) is 0 Å². The van der Waals surface area contributed by atoms with Crippen molar-refractivity contribution in [1.82, 2.24) is 4.90 Å². The molecule has 0 unspecified atom stereocenters. The predicted octanol–water partition coefficient (Wildman–Crippen LogP) is 0.476. The van der Waals surface area contributed by atoms with Gasteiger partial charge in [-0.15, -0.1) is 0 Å². The fraction of sp³-hybridized carbons (Fsp3) is 0.364. The number of hydrogen-bond donors (Lipinski definition) is 2. The zero-order valence-corrected chi connectivity index (χ0v) is 8.39. The summed E-state index contributed by atoms with van der Waals surface area (Å²) in [7, 11) is 0. The van der Waals surface area contributed by atoms with Crippen molar-refractivity contribution in [2.24, 2.45) is 0 Å². The van der Waals surface area contributed by atoms with Crippen LogP contribution in [0.2, 0.25) is 0 Å². The van der Waals surface area contributed by atoms with Crippen molar-refractivity contribution in [2.75, 3.05) is 18.8 Å². The van der Waals surface area contributed by atoms with Gasteiger partial charge in [0.15, 0.2) is 0 Å². The highest BCUT2D eigenvalue weighted by atomic mass is 16.3. The van der Waals surface area contributed by atoms with Crippen LogP contribution < -0.4 is 5.73 Å². The number of benzene rings is 1. The summed E-state index contributed by atoms with van der Waals surface area (Å²) in [6.45, 7) is 1.06. The lowest BCUT2D eigenvalue weighted by atomic mass is 10.2. The van der Waals surface area contributed by atoms with Gasteiger partial charge < -0.3 is 15.7 Å². The van der Waals surface area contributed by atoms with E-state index in [-0.39, 0.29) is 12.0 Å². The van der Waals surface area contributed by atoms with Crippen LogP contribution in [0.3, 0.4) is 0 Å². The standard InChI is InChI=1S/C11H14N2O2/c12-9-3-1-8(2-4-9)11(15)13-6-5-10(14)7-13/h1-4,10,14H,5-7,12H2/t10-/m1/s1. The molecule has 2 rings (SSSR count). The molecule has 1 amide bonds. The highest BCUT2D eigenvalue weighted by Crippen LogP contribution is 2.14. The van der Waals surface area contributed by atoms with Crippen molar-refractivity contribution in [2.45, 2.75) is 12.5 Å². The fourth-order valence-electron chi connectivity index (χ4n) is 1.73. The number of aliphatic hydroxyl groups is 1. The smallest absolute Gasteiger partial charge is 0.253 e. The topological polar surface area (TPSA) is 66.6 Å². The van der Waals surface area contributed by atoms with Crippen LogP contribution in [0, 0.1) is 0 Å². The van der Waals surface area contributed by atoms with E-state index in [1.54, 1.807) is 29.2 Å². The second-order valence-corrected chi connectivity index (χ2v) is 3.82. The number of anilines is 1. The lowest BCUT2D eigenvalue weighted by Gasteiger charge is -2.15. The zero-order chi connectivity index (χ0) is 10.8. The molecule has 1 aromatic carbocycles. The molecule has 80 valence electrons. The van der Waals surface area contributed by atoms with E-state index in [4.69, 9.17) is 5.73 Å². The summed E-state index contributed by atoms with van der Waals surface area (Å²) in [6, 6.07) is 6.84. The van der Waals surface area contributed by atoms with Crippen LogP contribution in [-0.2, 0) is 0 Å². The van der Waals surface area contributed by atoms with Gasteiger partial charge in [0, 0.05) is 24.3 Å². The highest BCUT2D eigenvalue weighted by molar-refractivity contribution is 5.94. The molecule has 0 saturated carbocycles. The normalized spacial score (nSPS) is 20.6. The predicted molar refractivity (Wildman–Crippen MR) is 57.4 cm³/mol. The number of nitrogens with zero attached hydrogens (tertiary/aromatic N) is 1. The quantitative estimate of drug-likeness (QED) is 0.657. The van der Waals surface area contributed by atoms with Gasteiger partial charge in [0.25, 0.3) is 5.91 Å². The third-order valence-electron chi connectivity index (χ3n) is 2.61. The van der Waals surface area contributed by atoms with Crippen molar-refractivity contribution in [1.29, 1.82) is 0 Å². The molecule has 0 spiro atoms. The number of nitrogen functional groups attached to an aromatic ring is 1. The first kappa shape index (κ1) is 9.98. The van der Waals surface area contributed by atoms with Gasteiger partial charge in [-0.2, -0.15) is 0 Å². The molecule has 1 saturated heterocycles. The SMILES string of the molecule is Nc1ccc(C(=O)N2CC[C@@H](O)C2)cc1. The first-order chi connectivity index (χ1) is 7.16. The van der Waals surface area contributed by atoms with E-state index >= 15 is 0 Å². The van der Waals surface area contributed by atoms with Gasteiger partial charge in [-0.1, -0.05) is 0 Å². The van der Waals surface area contributed by atoms with Crippen LogP contribution in [0.1, 0.15) is 16.8 Å². The second kappa shape index (κ2) is 3.90. The van der Waals surface area contributed by atoms with Crippen molar-refractivity contribution in [3.05, 3.63) is 29.8 Å². The van der Waals surface area contributed by atoms with E-state index in [1.165, 1.54) is 0 Å². The van der Waals surface area contributed by atoms with E-state index in [2.05, 4.69) is 0 Å². The maximum atomic E-state index is 11.9. The molecular weight excluding hydrogens is 192 g/mol. The fourth-order valence-corrected chi connectivity index (χ4v) is 1.73. The number of hydrogen-bond acceptors (Lipinski definition) is 3. The van der Waals surface area contributed by atoms with Gasteiger partial charge in [-0.3, -0.25) is 4.79 Å². The van der Waals surface area contributed by atoms with Gasteiger partial charge in [0.05, 0.1) is 6.10 Å². The van der Waals surface area contributed by atoms with Gasteiger partial charge in [-0.25, -0.2) is 0 Å². The third-order valence-corrected chi connectivity index (χ3v) is 2.61. The number of aliphatic hydroxyl groups excluding tert-OH is 1. The minimum absolute atomic E-state index is 0.0356. The molecule has 0 bridgehead atoms. The summed E-state index contributed by atoms with van der Waals surface area (Å²) >= 11 is 0. The average molecular weight is 206 g/mol. The van der Waals surface area contributed by atoms with Gasteiger partial charge in [0.1, 0.15) is 0 Å². The van der Waals surface area contributed by atoms with Crippen molar-refractivity contribution in [3.8, 4) is 0 Å². The number of amides is 1. The van der Waals surface area contributed by atoms with Gasteiger partial charge in [-0.05, 0) is 30.7 Å². The van der Waals surface area contributed by atoms with E-state index in [0.29, 0.717) is 30.8 Å². The highest BCUT2D eigenvalue weighted by Gasteiger charge is 2.25. The van der Waals surface area contributed by atoms with Crippen LogP contribution in [0.15, 0.2) is 24.3 Å². The lowest BCUT2D eigenvalue weighted by molar-refractivity contribution is 0.0765. The Morgan fingerprint density at radius 2 is 2.07 bits per heavy atom. The monoisotopic (exact) mass is 206 g/mol. The molecule has 15 heavy (non-hydrogen) atoms. The summed E-state index contributed by atoms with van der Waals surface area (Å²) in [4.78, 5) is 13.5. The maximum Gasteiger partial charge on any atom is 0.253 e. The summed E-state index contributed by atoms with van der Waals surface area (Å²) in [6.07, 6.45) is 0.295. The molecule has 4 heteroatoms. The molecule has 0 aliphatic carbocycles. The largest absolute Gasteiger partial charge is 0.399 e. The number of β-amino-alcohol motifs (C(OH)–C–C–N with tert-alkyl or cyclic N) is 1. The molecule has 1 aliphatic heterocycles. The number of rotatable bonds is 1. The Labute approximate surface area is 88.3 Å². The molecule has 1 aliphatic rings. The average Bonchev–Trinajstić information content (AvgIpc) is 2.65. The number of carbonyl (C=O) groups excluding carboxylic acids is 1. The van der Waals surface area contributed by atoms with Gasteiger partial charge >= 0.3 is 0 Å². The number of likely N-dealkylation sites (tertiary alicyclic amines) is 1. The van der Waals surface area contributed by atoms with E-state index in [9.17, 15) is 9.90 Å². The molecule has 1 atom stereocenters. The van der Waals surface area contributed by atoms with Crippen molar-refractivity contribution < 1.29 is 9.90 Å². The van der Waals surface area contributed by atoms with Crippen LogP contribution in [-0.4, -0.2) is 35.1 Å². The summed E-state index contributed by atoms with van der Waals surface area (Å²) in [5.74, 6) is -0.0356. The van der Waals surface area contributed by atoms with Crippen LogP contribution in [0.4, 0.5) is 5.69 Å². The van der Waals surface area contributed by atoms with E-state index < -0.39 is 0 Å². The Morgan fingerprint density at radius 3 is 2.60 bits per heavy atom. The number of nitrogens with two attached hydrogens (primary N) is 1. The molecule has 1 fully saturated rings. The molecule has 1 heterocycles. The second-order valence-electron chi connectivity index (χ2n) is 3.82. The Hall–Kier alpha value is -1.55. The first-order valence-corrected chi connectivity index (χ1v) is 4.99. The lowest BCUT2D eigenvalue weighted by Crippen LogP contribution is -2.29. The molecule has 0 radical (unpaired) electrons. The minimum atomic E-state index is -0.372. The molecule has 0 aromatic heterocycles. The summed E-state index contributed by atoms with van der Waals surface area (Å²) < 4.78 is 0. The molecule has 3 N–H and O–H groups in total. The minimum Gasteiger partial charge on any atom is -0.399 e. The Bertz CT molecular complexity index is 361. The van der Waals surface area contributed by atoms with E-state index in [1.807, 2.05) is 0 Å². The summed E-state index contributed by atoms with van der Waals surface area (Å²) in [5, 5.41) is 9.33. The molecule has 1 aromatic rings. The van der Waals surface area contributed by atoms with Crippen molar-refractivity contribution >= 4 is 11.6 Å². The Kier molecular flexibility index (Phi) is 2.60. The van der Waals surface area contributed by atoms with Gasteiger partial charge in [0.2, 0.25) is 0 Å². The summed E-state index contributed by atoms with van der Waals surface area (Å²) in [5.41, 5.74) is 6.81. The molecule has 4 nitrogen and oxygen atoms in total. The zero-order valence-electron chi connectivity index (χ0n) is 8.39. The Balaban J connectivity index is 2.11. The van der Waals surface area contributed by atoms with E-state index in [0.717, 1.165) is 0 Å². The third kappa shape index (κ3) is 2.10. The van der Waals surface area contributed by atoms with Crippen LogP contribution in [0.5, 0.6) is 0 Å². The first-order valence-electron chi connectivity index (χ1n) is 4.99. The van der Waals surface area contributed by atoms with Crippen LogP contribution in [0.25, 0.3) is 0 Å². The number of carbonyl (C=O) groups is 1. The molecular formula is C11H14N2O2. The maximum absolute atomic E-state index is 11.9.